The van der Waals surface area contributed by atoms with Crippen molar-refractivity contribution in [1.82, 2.24) is 9.97 Å². The maximum atomic E-state index is 12.1. The molecule has 0 unspecified atom stereocenters. The fourth-order valence-electron chi connectivity index (χ4n) is 1.73. The van der Waals surface area contributed by atoms with Crippen molar-refractivity contribution in [2.45, 2.75) is 12.3 Å². The lowest BCUT2D eigenvalue weighted by atomic mass is 10.1. The molecule has 0 aliphatic carbocycles. The van der Waals surface area contributed by atoms with Crippen LogP contribution in [-0.4, -0.2) is 28.8 Å². The van der Waals surface area contributed by atoms with Crippen LogP contribution in [0.3, 0.4) is 0 Å². The highest BCUT2D eigenvalue weighted by Crippen LogP contribution is 2.25. The zero-order chi connectivity index (χ0) is 16.9. The van der Waals surface area contributed by atoms with E-state index in [-0.39, 0.29) is 5.75 Å². The van der Waals surface area contributed by atoms with E-state index < -0.39 is 12.3 Å². The van der Waals surface area contributed by atoms with Gasteiger partial charge in [-0.2, -0.15) is 0 Å². The molecular formula is C14H12F3N5O. The third-order valence-corrected chi connectivity index (χ3v) is 2.75. The maximum absolute atomic E-state index is 12.1. The second kappa shape index (κ2) is 6.86. The third kappa shape index (κ3) is 4.77. The molecule has 1 aromatic heterocycles. The van der Waals surface area contributed by atoms with Gasteiger partial charge >= 0.3 is 6.36 Å². The first-order chi connectivity index (χ1) is 10.9. The Bertz CT molecular complexity index is 680. The summed E-state index contributed by atoms with van der Waals surface area (Å²) in [5, 5.41) is 17.3. The Hall–Kier alpha value is -2.97. The molecule has 120 valence electrons. The lowest BCUT2D eigenvalue weighted by Crippen LogP contribution is -2.16. The SMILES string of the molecule is N=CC(C=N)c1cc(Nc2ccc(OC(F)(F)F)cc2)ncn1. The van der Waals surface area contributed by atoms with Crippen LogP contribution >= 0.6 is 0 Å². The van der Waals surface area contributed by atoms with Gasteiger partial charge in [-0.15, -0.1) is 13.2 Å². The minimum absolute atomic E-state index is 0.320. The summed E-state index contributed by atoms with van der Waals surface area (Å²) in [5.41, 5.74) is 0.968. The maximum Gasteiger partial charge on any atom is 0.573 e. The average Bonchev–Trinajstić information content (AvgIpc) is 2.50. The molecule has 0 amide bonds. The summed E-state index contributed by atoms with van der Waals surface area (Å²) >= 11 is 0. The predicted octanol–water partition coefficient (Wildman–Crippen LogP) is 3.50. The summed E-state index contributed by atoms with van der Waals surface area (Å²) < 4.78 is 40.0. The second-order valence-corrected chi connectivity index (χ2v) is 4.38. The van der Waals surface area contributed by atoms with Crippen LogP contribution in [-0.2, 0) is 0 Å². The monoisotopic (exact) mass is 323 g/mol. The number of aromatic nitrogens is 2. The van der Waals surface area contributed by atoms with E-state index in [1.165, 1.54) is 30.6 Å². The quantitative estimate of drug-likeness (QED) is 0.709. The van der Waals surface area contributed by atoms with Crippen LogP contribution in [0.2, 0.25) is 0 Å². The van der Waals surface area contributed by atoms with Crippen LogP contribution in [0.5, 0.6) is 5.75 Å². The van der Waals surface area contributed by atoms with Crippen molar-refractivity contribution < 1.29 is 17.9 Å². The summed E-state index contributed by atoms with van der Waals surface area (Å²) in [5.74, 6) is -0.478. The molecule has 0 aliphatic heterocycles. The largest absolute Gasteiger partial charge is 0.573 e. The van der Waals surface area contributed by atoms with Gasteiger partial charge in [-0.3, -0.25) is 0 Å². The number of ether oxygens (including phenoxy) is 1. The predicted molar refractivity (Wildman–Crippen MR) is 78.7 cm³/mol. The Morgan fingerprint density at radius 3 is 2.30 bits per heavy atom. The van der Waals surface area contributed by atoms with E-state index in [1.54, 1.807) is 6.07 Å². The molecule has 2 aromatic rings. The Kier molecular flexibility index (Phi) is 4.89. The molecule has 0 saturated carbocycles. The highest BCUT2D eigenvalue weighted by atomic mass is 19.4. The van der Waals surface area contributed by atoms with Crippen molar-refractivity contribution >= 4 is 23.9 Å². The van der Waals surface area contributed by atoms with Gasteiger partial charge in [0.2, 0.25) is 0 Å². The van der Waals surface area contributed by atoms with Crippen LogP contribution < -0.4 is 10.1 Å². The number of nitrogens with zero attached hydrogens (tertiary/aromatic N) is 2. The van der Waals surface area contributed by atoms with Crippen molar-refractivity contribution in [1.29, 1.82) is 10.8 Å². The van der Waals surface area contributed by atoms with E-state index in [9.17, 15) is 13.2 Å². The topological polar surface area (TPSA) is 94.7 Å². The van der Waals surface area contributed by atoms with E-state index in [1.807, 2.05) is 0 Å². The zero-order valence-electron chi connectivity index (χ0n) is 11.6. The Labute approximate surface area is 129 Å². The van der Waals surface area contributed by atoms with Gasteiger partial charge < -0.3 is 20.9 Å². The summed E-state index contributed by atoms with van der Waals surface area (Å²) in [6.45, 7) is 0. The molecule has 9 heteroatoms. The molecule has 3 N–H and O–H groups in total. The molecule has 0 saturated heterocycles. The fraction of sp³-hybridized carbons (Fsp3) is 0.143. The smallest absolute Gasteiger partial charge is 0.406 e. The number of rotatable bonds is 6. The Balaban J connectivity index is 2.12. The molecule has 1 aromatic carbocycles. The molecule has 0 aliphatic rings. The van der Waals surface area contributed by atoms with Crippen molar-refractivity contribution in [3.05, 3.63) is 42.4 Å². The van der Waals surface area contributed by atoms with E-state index in [0.717, 1.165) is 12.4 Å². The van der Waals surface area contributed by atoms with Gasteiger partial charge in [-0.05, 0) is 24.3 Å². The molecule has 6 nitrogen and oxygen atoms in total. The first kappa shape index (κ1) is 16.4. The molecule has 0 fully saturated rings. The lowest BCUT2D eigenvalue weighted by Gasteiger charge is -2.11. The minimum Gasteiger partial charge on any atom is -0.406 e. The molecule has 0 spiro atoms. The molecule has 1 heterocycles. The molecule has 0 atom stereocenters. The molecule has 0 bridgehead atoms. The normalized spacial score (nSPS) is 12.3. The van der Waals surface area contributed by atoms with Gasteiger partial charge in [0.05, 0.1) is 11.6 Å². The van der Waals surface area contributed by atoms with Gasteiger partial charge in [-0.1, -0.05) is 0 Å². The van der Waals surface area contributed by atoms with E-state index in [0.29, 0.717) is 17.2 Å². The summed E-state index contributed by atoms with van der Waals surface area (Å²) in [6.07, 6.45) is -1.31. The van der Waals surface area contributed by atoms with E-state index >= 15 is 0 Å². The molecule has 23 heavy (non-hydrogen) atoms. The molecular weight excluding hydrogens is 311 g/mol. The van der Waals surface area contributed by atoms with Crippen molar-refractivity contribution in [3.8, 4) is 5.75 Å². The van der Waals surface area contributed by atoms with Gasteiger partial charge in [0, 0.05) is 24.2 Å². The standard InChI is InChI=1S/C14H12F3N5O/c15-14(16,17)23-11-3-1-10(2-4-11)22-13-5-12(20-8-21-13)9(6-18)7-19/h1-9,18-19H,(H,20,21,22). The van der Waals surface area contributed by atoms with Crippen molar-refractivity contribution in [2.75, 3.05) is 5.32 Å². The van der Waals surface area contributed by atoms with Crippen LogP contribution in [0.25, 0.3) is 0 Å². The van der Waals surface area contributed by atoms with E-state index in [2.05, 4.69) is 20.0 Å². The summed E-state index contributed by atoms with van der Waals surface area (Å²) in [6, 6.07) is 6.73. The summed E-state index contributed by atoms with van der Waals surface area (Å²) in [4.78, 5) is 7.96. The van der Waals surface area contributed by atoms with Crippen molar-refractivity contribution in [2.24, 2.45) is 0 Å². The minimum atomic E-state index is -4.73. The number of benzene rings is 1. The first-order valence-electron chi connectivity index (χ1n) is 6.37. The van der Waals surface area contributed by atoms with Crippen LogP contribution in [0, 0.1) is 10.8 Å². The van der Waals surface area contributed by atoms with Gasteiger partial charge in [0.15, 0.2) is 0 Å². The summed E-state index contributed by atoms with van der Waals surface area (Å²) in [7, 11) is 0. The van der Waals surface area contributed by atoms with Gasteiger partial charge in [0.25, 0.3) is 0 Å². The van der Waals surface area contributed by atoms with Crippen molar-refractivity contribution in [3.63, 3.8) is 0 Å². The zero-order valence-corrected chi connectivity index (χ0v) is 11.6. The molecule has 0 radical (unpaired) electrons. The van der Waals surface area contributed by atoms with Crippen LogP contribution in [0.1, 0.15) is 11.6 Å². The third-order valence-electron chi connectivity index (χ3n) is 2.75. The number of hydrogen-bond acceptors (Lipinski definition) is 6. The molecule has 2 rings (SSSR count). The number of nitrogens with one attached hydrogen (secondary N) is 3. The van der Waals surface area contributed by atoms with Gasteiger partial charge in [-0.25, -0.2) is 9.97 Å². The van der Waals surface area contributed by atoms with Crippen LogP contribution in [0.4, 0.5) is 24.7 Å². The lowest BCUT2D eigenvalue weighted by molar-refractivity contribution is -0.274. The second-order valence-electron chi connectivity index (χ2n) is 4.38. The van der Waals surface area contributed by atoms with Gasteiger partial charge in [0.1, 0.15) is 17.9 Å². The average molecular weight is 323 g/mol. The highest BCUT2D eigenvalue weighted by Gasteiger charge is 2.30. The number of hydrogen-bond donors (Lipinski definition) is 3. The number of halogens is 3. The Morgan fingerprint density at radius 1 is 1.09 bits per heavy atom. The van der Waals surface area contributed by atoms with Crippen LogP contribution in [0.15, 0.2) is 36.7 Å². The fourth-order valence-corrected chi connectivity index (χ4v) is 1.73. The highest BCUT2D eigenvalue weighted by molar-refractivity contribution is 5.87. The Morgan fingerprint density at radius 2 is 1.74 bits per heavy atom. The first-order valence-corrected chi connectivity index (χ1v) is 6.37. The van der Waals surface area contributed by atoms with E-state index in [4.69, 9.17) is 10.8 Å². The number of anilines is 2. The number of alkyl halides is 3.